The first-order valence-electron chi connectivity index (χ1n) is 15.9. The van der Waals surface area contributed by atoms with Crippen molar-refractivity contribution in [3.8, 4) is 0 Å². The summed E-state index contributed by atoms with van der Waals surface area (Å²) in [6, 6.07) is 23.6. The van der Waals surface area contributed by atoms with E-state index >= 15 is 0 Å². The smallest absolute Gasteiger partial charge is 0.341 e. The lowest BCUT2D eigenvalue weighted by atomic mass is 9.88. The molecule has 48 heavy (non-hydrogen) atoms. The highest BCUT2D eigenvalue weighted by Gasteiger charge is 2.30. The van der Waals surface area contributed by atoms with Crippen LogP contribution in [0.1, 0.15) is 69.0 Å². The minimum atomic E-state index is -0.488. The van der Waals surface area contributed by atoms with Crippen molar-refractivity contribution < 1.29 is 23.9 Å². The summed E-state index contributed by atoms with van der Waals surface area (Å²) in [5, 5.41) is 8.78. The predicted molar refractivity (Wildman–Crippen MR) is 194 cm³/mol. The molecule has 0 saturated heterocycles. The van der Waals surface area contributed by atoms with Crippen LogP contribution in [0.4, 0.5) is 10.7 Å². The van der Waals surface area contributed by atoms with Crippen molar-refractivity contribution in [2.45, 2.75) is 56.6 Å². The third-order valence-electron chi connectivity index (χ3n) is 8.09. The number of aryl methyl sites for hydroxylation is 1. The fraction of sp³-hybridized carbons (Fsp3) is 0.263. The largest absolute Gasteiger partial charge is 0.465 e. The normalized spacial score (nSPS) is 14.8. The topological polar surface area (TPSA) is 114 Å². The second-order valence-corrected chi connectivity index (χ2v) is 14.2. The molecule has 248 valence electrons. The Kier molecular flexibility index (Phi) is 11.5. The summed E-state index contributed by atoms with van der Waals surface area (Å²) in [7, 11) is 1.36. The maximum absolute atomic E-state index is 13.6. The van der Waals surface area contributed by atoms with Gasteiger partial charge < -0.3 is 20.7 Å². The van der Waals surface area contributed by atoms with E-state index in [0.29, 0.717) is 34.2 Å². The summed E-state index contributed by atoms with van der Waals surface area (Å²) in [5.74, 6) is -1.01. The third kappa shape index (κ3) is 8.62. The molecule has 5 rings (SSSR count). The van der Waals surface area contributed by atoms with Gasteiger partial charge in [-0.3, -0.25) is 14.4 Å². The van der Waals surface area contributed by atoms with Gasteiger partial charge in [0.2, 0.25) is 5.91 Å². The van der Waals surface area contributed by atoms with Crippen molar-refractivity contribution >= 4 is 63.6 Å². The number of hydrogen-bond donors (Lipinski definition) is 3. The van der Waals surface area contributed by atoms with Gasteiger partial charge in [-0.15, -0.1) is 23.1 Å². The number of benzene rings is 3. The molecule has 0 saturated carbocycles. The van der Waals surface area contributed by atoms with Gasteiger partial charge >= 0.3 is 5.97 Å². The first kappa shape index (κ1) is 34.7. The number of ether oxygens (including phenoxy) is 1. The van der Waals surface area contributed by atoms with Gasteiger partial charge in [-0.25, -0.2) is 4.79 Å². The highest BCUT2D eigenvalue weighted by Crippen LogP contribution is 2.40. The molecule has 0 aliphatic heterocycles. The first-order chi connectivity index (χ1) is 23.1. The lowest BCUT2D eigenvalue weighted by Crippen LogP contribution is -2.30. The molecule has 0 bridgehead atoms. The lowest BCUT2D eigenvalue weighted by molar-refractivity contribution is -0.116. The van der Waals surface area contributed by atoms with E-state index in [1.807, 2.05) is 50.2 Å². The van der Waals surface area contributed by atoms with Crippen LogP contribution in [-0.4, -0.2) is 36.1 Å². The number of esters is 1. The summed E-state index contributed by atoms with van der Waals surface area (Å²) in [5.41, 5.74) is 4.32. The Morgan fingerprint density at radius 1 is 1.00 bits per heavy atom. The molecule has 8 nitrogen and oxygen atoms in total. The number of thioether (sulfide) groups is 1. The zero-order valence-electron chi connectivity index (χ0n) is 27.4. The number of nitrogens with one attached hydrogen (secondary N) is 3. The monoisotopic (exact) mass is 681 g/mol. The van der Waals surface area contributed by atoms with E-state index in [9.17, 15) is 19.2 Å². The van der Waals surface area contributed by atoms with E-state index in [1.54, 1.807) is 48.5 Å². The number of fused-ring (bicyclic) bond motifs is 1. The number of carbonyl (C=O) groups is 4. The van der Waals surface area contributed by atoms with Gasteiger partial charge in [0.05, 0.1) is 17.9 Å². The van der Waals surface area contributed by atoms with E-state index in [4.69, 9.17) is 4.74 Å². The van der Waals surface area contributed by atoms with Crippen LogP contribution in [0.5, 0.6) is 0 Å². The Morgan fingerprint density at radius 2 is 1.75 bits per heavy atom. The Morgan fingerprint density at radius 3 is 2.46 bits per heavy atom. The van der Waals surface area contributed by atoms with Crippen LogP contribution in [-0.2, 0) is 27.2 Å². The summed E-state index contributed by atoms with van der Waals surface area (Å²) in [6.45, 7) is 6.11. The molecule has 1 aliphatic carbocycles. The maximum Gasteiger partial charge on any atom is 0.341 e. The molecule has 3 N–H and O–H groups in total. The molecule has 10 heteroatoms. The molecule has 0 fully saturated rings. The van der Waals surface area contributed by atoms with Crippen molar-refractivity contribution in [1.29, 1.82) is 0 Å². The average Bonchev–Trinajstić information content (AvgIpc) is 3.44. The fourth-order valence-corrected chi connectivity index (χ4v) is 7.87. The zero-order chi connectivity index (χ0) is 34.2. The number of amides is 3. The second-order valence-electron chi connectivity index (χ2n) is 11.8. The SMILES string of the molecule is CCC(Sc1cccc(NC(=O)/C(=C\c2ccc(C)cc2)NC(=O)c2ccccc2)c1)C(=O)Nc1sc2c(c1C(=O)OC)CCC(C)C2. The molecule has 1 aliphatic rings. The minimum Gasteiger partial charge on any atom is -0.465 e. The fourth-order valence-electron chi connectivity index (χ4n) is 5.45. The number of methoxy groups -OCH3 is 1. The van der Waals surface area contributed by atoms with Gasteiger partial charge in [-0.2, -0.15) is 0 Å². The summed E-state index contributed by atoms with van der Waals surface area (Å²) in [6.07, 6.45) is 4.83. The van der Waals surface area contributed by atoms with Gasteiger partial charge in [-0.05, 0) is 86.1 Å². The van der Waals surface area contributed by atoms with Gasteiger partial charge in [0, 0.05) is 21.0 Å². The zero-order valence-corrected chi connectivity index (χ0v) is 29.1. The number of hydrogen-bond acceptors (Lipinski definition) is 7. The van der Waals surface area contributed by atoms with Gasteiger partial charge in [0.15, 0.2) is 0 Å². The summed E-state index contributed by atoms with van der Waals surface area (Å²) in [4.78, 5) is 54.8. The van der Waals surface area contributed by atoms with Gasteiger partial charge in [0.1, 0.15) is 10.7 Å². The van der Waals surface area contributed by atoms with E-state index in [1.165, 1.54) is 30.2 Å². The van der Waals surface area contributed by atoms with Crippen LogP contribution in [0, 0.1) is 12.8 Å². The average molecular weight is 682 g/mol. The third-order valence-corrected chi connectivity index (χ3v) is 10.6. The Bertz CT molecular complexity index is 1830. The Labute approximate surface area is 289 Å². The van der Waals surface area contributed by atoms with E-state index in [0.717, 1.165) is 45.7 Å². The van der Waals surface area contributed by atoms with Crippen molar-refractivity contribution in [2.24, 2.45) is 5.92 Å². The number of carbonyl (C=O) groups excluding carboxylic acids is 4. The molecular weight excluding hydrogens is 643 g/mol. The molecule has 0 spiro atoms. The quantitative estimate of drug-likeness (QED) is 0.0843. The standard InChI is InChI=1S/C38H39N3O5S2/c1-5-31(36(44)41-37-33(38(45)46-4)29-19-16-24(3)20-32(29)48-37)47-28-13-9-12-27(22-28)39-35(43)30(21-25-17-14-23(2)15-18-25)40-34(42)26-10-7-6-8-11-26/h6-15,17-18,21-22,24,31H,5,16,19-20H2,1-4H3,(H,39,43)(H,40,42)(H,41,44)/b30-21+. The van der Waals surface area contributed by atoms with Crippen LogP contribution < -0.4 is 16.0 Å². The van der Waals surface area contributed by atoms with Crippen LogP contribution in [0.2, 0.25) is 0 Å². The molecule has 1 aromatic heterocycles. The molecule has 4 aromatic rings. The number of thiophene rings is 1. The first-order valence-corrected chi connectivity index (χ1v) is 17.6. The van der Waals surface area contributed by atoms with Crippen molar-refractivity contribution in [1.82, 2.24) is 5.32 Å². The molecule has 1 heterocycles. The molecule has 0 radical (unpaired) electrons. The van der Waals surface area contributed by atoms with Crippen LogP contribution >= 0.6 is 23.1 Å². The van der Waals surface area contributed by atoms with Crippen molar-refractivity contribution in [3.63, 3.8) is 0 Å². The van der Waals surface area contributed by atoms with E-state index < -0.39 is 23.0 Å². The molecule has 3 aromatic carbocycles. The molecular formula is C38H39N3O5S2. The van der Waals surface area contributed by atoms with E-state index in [-0.39, 0.29) is 11.6 Å². The van der Waals surface area contributed by atoms with Gasteiger partial charge in [-0.1, -0.05) is 67.9 Å². The molecule has 2 unspecified atom stereocenters. The lowest BCUT2D eigenvalue weighted by Gasteiger charge is -2.18. The van der Waals surface area contributed by atoms with Crippen LogP contribution in [0.25, 0.3) is 6.08 Å². The van der Waals surface area contributed by atoms with Crippen LogP contribution in [0.3, 0.4) is 0 Å². The highest BCUT2D eigenvalue weighted by molar-refractivity contribution is 8.00. The molecule has 3 amide bonds. The number of rotatable bonds is 11. The molecule has 2 atom stereocenters. The second kappa shape index (κ2) is 16.0. The highest BCUT2D eigenvalue weighted by atomic mass is 32.2. The minimum absolute atomic E-state index is 0.0889. The van der Waals surface area contributed by atoms with E-state index in [2.05, 4.69) is 22.9 Å². The summed E-state index contributed by atoms with van der Waals surface area (Å²) < 4.78 is 5.08. The van der Waals surface area contributed by atoms with Gasteiger partial charge in [0.25, 0.3) is 11.8 Å². The van der Waals surface area contributed by atoms with Crippen molar-refractivity contribution in [3.05, 3.63) is 117 Å². The predicted octanol–water partition coefficient (Wildman–Crippen LogP) is 7.89. The number of anilines is 2. The summed E-state index contributed by atoms with van der Waals surface area (Å²) >= 11 is 2.84. The van der Waals surface area contributed by atoms with Crippen LogP contribution in [0.15, 0.2) is 89.5 Å². The van der Waals surface area contributed by atoms with Crippen molar-refractivity contribution in [2.75, 3.05) is 17.7 Å². The Balaban J connectivity index is 1.31. The maximum atomic E-state index is 13.6. The Hall–Kier alpha value is -4.67.